The minimum atomic E-state index is 0.588. The van der Waals surface area contributed by atoms with Gasteiger partial charge < -0.3 is 0 Å². The highest BCUT2D eigenvalue weighted by atomic mass is 15.0. The van der Waals surface area contributed by atoms with Crippen LogP contribution in [0.3, 0.4) is 0 Å². The van der Waals surface area contributed by atoms with E-state index >= 15 is 0 Å². The fourth-order valence-electron chi connectivity index (χ4n) is 4.62. The van der Waals surface area contributed by atoms with E-state index in [9.17, 15) is 0 Å². The molecule has 60 heavy (non-hydrogen) atoms. The van der Waals surface area contributed by atoms with E-state index in [2.05, 4.69) is 105 Å². The van der Waals surface area contributed by atoms with E-state index in [4.69, 9.17) is 0 Å². The number of aromatic nitrogens is 21. The Balaban J connectivity index is 0.000000109. The highest BCUT2D eigenvalue weighted by Crippen LogP contribution is 2.05. The number of hydrogen-bond acceptors (Lipinski definition) is 21. The first-order chi connectivity index (χ1) is 29.8. The fourth-order valence-corrected chi connectivity index (χ4v) is 4.62. The van der Waals surface area contributed by atoms with Crippen molar-refractivity contribution >= 4 is 66.6 Å². The summed E-state index contributed by atoms with van der Waals surface area (Å²) in [7, 11) is 0. The van der Waals surface area contributed by atoms with Gasteiger partial charge in [-0.25, -0.2) is 84.7 Å². The third kappa shape index (κ3) is 11.4. The van der Waals surface area contributed by atoms with Gasteiger partial charge >= 0.3 is 0 Å². The predicted octanol–water partition coefficient (Wildman–Crippen LogP) is 4.33. The molecule has 0 aliphatic heterocycles. The van der Waals surface area contributed by atoms with Crippen LogP contribution < -0.4 is 0 Å². The molecule has 21 heteroatoms. The quantitative estimate of drug-likeness (QED) is 0.207. The summed E-state index contributed by atoms with van der Waals surface area (Å²) in [5, 5.41) is 1.84. The Kier molecular flexibility index (Phi) is 13.7. The standard InChI is InChI=1S/3C7H5N3.3C6H4N4/c1-2-8-5-7-6(1)9-3-4-10-7;1-2-6-4-8-5-10-7(6)9-3-1;1-2-6-7(9-3-1)10-5-4-8-6;1-5-6(10-3-7-1)2-8-4-9-5;1-5-2-8-4-10-6(5)9-3-7-1;1-2-8-6-5(7-1)9-3-4-10-6/h3*1-5H;3*1-4H. The van der Waals surface area contributed by atoms with Gasteiger partial charge in [0, 0.05) is 92.1 Å². The molecule has 0 amide bonds. The molecule has 0 unspecified atom stereocenters. The summed E-state index contributed by atoms with van der Waals surface area (Å²) in [5.41, 5.74) is 7.42. The lowest BCUT2D eigenvalue weighted by Gasteiger charge is -1.90. The van der Waals surface area contributed by atoms with Crippen LogP contribution in [0.15, 0.2) is 167 Å². The van der Waals surface area contributed by atoms with Crippen molar-refractivity contribution < 1.29 is 0 Å². The Hall–Kier alpha value is -9.27. The van der Waals surface area contributed by atoms with Crippen LogP contribution in [0, 0.1) is 0 Å². The van der Waals surface area contributed by atoms with Crippen molar-refractivity contribution in [1.82, 2.24) is 105 Å². The van der Waals surface area contributed by atoms with Gasteiger partial charge in [0.1, 0.15) is 53.7 Å². The summed E-state index contributed by atoms with van der Waals surface area (Å²) < 4.78 is 0. The second-order valence-electron chi connectivity index (χ2n) is 11.2. The van der Waals surface area contributed by atoms with E-state index in [0.29, 0.717) is 22.6 Å². The Morgan fingerprint density at radius 1 is 0.217 bits per heavy atom. The number of nitrogens with zero attached hydrogens (tertiary/aromatic N) is 21. The zero-order chi connectivity index (χ0) is 40.9. The molecule has 0 bridgehead atoms. The van der Waals surface area contributed by atoms with Gasteiger partial charge in [-0.1, -0.05) is 0 Å². The van der Waals surface area contributed by atoms with Crippen LogP contribution in [0.2, 0.25) is 0 Å². The van der Waals surface area contributed by atoms with Crippen molar-refractivity contribution in [2.24, 2.45) is 0 Å². The molecule has 0 saturated carbocycles. The second kappa shape index (κ2) is 21.1. The minimum Gasteiger partial charge on any atom is -0.262 e. The van der Waals surface area contributed by atoms with Gasteiger partial charge in [-0.05, 0) is 30.3 Å². The van der Waals surface area contributed by atoms with Crippen LogP contribution >= 0.6 is 0 Å². The topological polar surface area (TPSA) is 271 Å². The molecule has 21 nitrogen and oxygen atoms in total. The highest BCUT2D eigenvalue weighted by molar-refractivity contribution is 5.73. The zero-order valence-corrected chi connectivity index (χ0v) is 31.0. The molecule has 0 N–H and O–H groups in total. The molecule has 0 saturated heterocycles. The van der Waals surface area contributed by atoms with Crippen LogP contribution in [0.5, 0.6) is 0 Å². The Morgan fingerprint density at radius 2 is 0.617 bits per heavy atom. The number of rotatable bonds is 0. The number of fused-ring (bicyclic) bond motifs is 6. The SMILES string of the molecule is c1cc2nccnc2cn1.c1cnc2nccnc2c1.c1cnc2nccnc2n1.c1cnc2ncncc2c1.c1ncc2cncnc2n1.c1ncc2ncncc2n1. The van der Waals surface area contributed by atoms with Crippen molar-refractivity contribution in [3.63, 3.8) is 0 Å². The first-order valence-electron chi connectivity index (χ1n) is 17.4. The van der Waals surface area contributed by atoms with Gasteiger partial charge in [0.15, 0.2) is 28.2 Å². The summed E-state index contributed by atoms with van der Waals surface area (Å²) in [4.78, 5) is 82.7. The van der Waals surface area contributed by atoms with Crippen LogP contribution in [0.25, 0.3) is 66.6 Å². The average Bonchev–Trinajstić information content (AvgIpc) is 3.35. The maximum atomic E-state index is 4.08. The molecule has 12 rings (SSSR count). The van der Waals surface area contributed by atoms with Crippen molar-refractivity contribution in [1.29, 1.82) is 0 Å². The fraction of sp³-hybridized carbons (Fsp3) is 0. The third-order valence-corrected chi connectivity index (χ3v) is 7.27. The smallest absolute Gasteiger partial charge is 0.197 e. The van der Waals surface area contributed by atoms with E-state index in [1.165, 1.54) is 31.6 Å². The van der Waals surface area contributed by atoms with E-state index in [1.807, 2.05) is 30.3 Å². The Bertz CT molecular complexity index is 2230. The lowest BCUT2D eigenvalue weighted by Crippen LogP contribution is -1.87. The second-order valence-corrected chi connectivity index (χ2v) is 11.2. The van der Waals surface area contributed by atoms with Crippen LogP contribution in [-0.4, -0.2) is 105 Å². The van der Waals surface area contributed by atoms with E-state index in [-0.39, 0.29) is 0 Å². The largest absolute Gasteiger partial charge is 0.262 e. The molecular weight excluding hydrogens is 763 g/mol. The molecule has 0 spiro atoms. The predicted molar refractivity (Wildman–Crippen MR) is 217 cm³/mol. The summed E-state index contributed by atoms with van der Waals surface area (Å²) in [5.74, 6) is 0. The third-order valence-electron chi connectivity index (χ3n) is 7.27. The Morgan fingerprint density at radius 3 is 1.17 bits per heavy atom. The van der Waals surface area contributed by atoms with Gasteiger partial charge in [0.25, 0.3) is 0 Å². The molecule has 12 aromatic rings. The molecule has 0 aliphatic rings. The molecule has 0 aliphatic carbocycles. The van der Waals surface area contributed by atoms with Gasteiger partial charge in [-0.3, -0.25) is 19.9 Å². The van der Waals surface area contributed by atoms with E-state index in [1.54, 1.807) is 105 Å². The molecule has 0 radical (unpaired) electrons. The van der Waals surface area contributed by atoms with Crippen molar-refractivity contribution in [2.75, 3.05) is 0 Å². The first kappa shape index (κ1) is 39.0. The van der Waals surface area contributed by atoms with Crippen molar-refractivity contribution in [3.8, 4) is 0 Å². The Labute approximate surface area is 337 Å². The normalized spacial score (nSPS) is 10.0. The van der Waals surface area contributed by atoms with Gasteiger partial charge in [0.05, 0.1) is 29.5 Å². The highest BCUT2D eigenvalue weighted by Gasteiger charge is 1.94. The molecular formula is C39H27N21. The van der Waals surface area contributed by atoms with E-state index in [0.717, 1.165) is 44.0 Å². The molecule has 288 valence electrons. The first-order valence-corrected chi connectivity index (χ1v) is 17.4. The molecule has 0 atom stereocenters. The van der Waals surface area contributed by atoms with E-state index < -0.39 is 0 Å². The lowest BCUT2D eigenvalue weighted by molar-refractivity contribution is 1.13. The summed E-state index contributed by atoms with van der Waals surface area (Å²) in [6.07, 6.45) is 35.6. The van der Waals surface area contributed by atoms with Crippen LogP contribution in [-0.2, 0) is 0 Å². The van der Waals surface area contributed by atoms with Gasteiger partial charge in [-0.2, -0.15) is 0 Å². The van der Waals surface area contributed by atoms with Crippen LogP contribution in [0.4, 0.5) is 0 Å². The van der Waals surface area contributed by atoms with Gasteiger partial charge in [-0.15, -0.1) is 0 Å². The molecule has 12 heterocycles. The van der Waals surface area contributed by atoms with Crippen molar-refractivity contribution in [2.45, 2.75) is 0 Å². The summed E-state index contributed by atoms with van der Waals surface area (Å²) in [6, 6.07) is 9.36. The molecule has 0 aromatic carbocycles. The number of hydrogen-bond donors (Lipinski definition) is 0. The zero-order valence-electron chi connectivity index (χ0n) is 31.0. The minimum absolute atomic E-state index is 0.588. The maximum absolute atomic E-state index is 4.08. The monoisotopic (exact) mass is 789 g/mol. The summed E-state index contributed by atoms with van der Waals surface area (Å²) in [6.45, 7) is 0. The number of pyridine rings is 3. The summed E-state index contributed by atoms with van der Waals surface area (Å²) >= 11 is 0. The maximum Gasteiger partial charge on any atom is 0.197 e. The van der Waals surface area contributed by atoms with Gasteiger partial charge in [0.2, 0.25) is 0 Å². The van der Waals surface area contributed by atoms with Crippen LogP contribution in [0.1, 0.15) is 0 Å². The average molecular weight is 790 g/mol. The molecule has 12 aromatic heterocycles. The lowest BCUT2D eigenvalue weighted by atomic mass is 10.3. The molecule has 0 fully saturated rings. The van der Waals surface area contributed by atoms with Crippen molar-refractivity contribution in [3.05, 3.63) is 167 Å².